The monoisotopic (exact) mass is 982 g/mol. The Labute approximate surface area is 435 Å². The first-order valence-electron chi connectivity index (χ1n) is 30.7. The van der Waals surface area contributed by atoms with Gasteiger partial charge in [-0.15, -0.1) is 0 Å². The Hall–Kier alpha value is -1.99. The molecule has 70 heavy (non-hydrogen) atoms. The van der Waals surface area contributed by atoms with Gasteiger partial charge in [-0.3, -0.25) is 4.79 Å². The highest BCUT2D eigenvalue weighted by molar-refractivity contribution is 5.80. The van der Waals surface area contributed by atoms with Crippen LogP contribution in [0.5, 0.6) is 0 Å². The molecule has 0 saturated heterocycles. The minimum atomic E-state index is -1.30. The van der Waals surface area contributed by atoms with E-state index in [1.165, 1.54) is 218 Å². The summed E-state index contributed by atoms with van der Waals surface area (Å²) in [4.78, 5) is 12.6. The summed E-state index contributed by atoms with van der Waals surface area (Å²) in [5, 5.41) is 44.0. The maximum atomic E-state index is 12.6. The zero-order valence-corrected chi connectivity index (χ0v) is 46.5. The predicted molar refractivity (Wildman–Crippen MR) is 306 cm³/mol. The van der Waals surface area contributed by atoms with Crippen LogP contribution in [0.3, 0.4) is 0 Å². The number of carbonyl (C=O) groups is 1. The SMILES string of the molecule is CCCCCCCCCCC/C=C\C/C=C\CCCCCCCCCCCCCCC(O)C(=O)NC(CO)C(O)C(O)CCC/C=C/CC/C=C/CC/C=C/CCCCCCCCCCCCCCC. The topological polar surface area (TPSA) is 110 Å². The summed E-state index contributed by atoms with van der Waals surface area (Å²) in [6.07, 6.45) is 75.9. The standard InChI is InChI=1S/C64H119NO5/c1-3-5-7-9-11-13-15-17-19-21-23-25-27-29-31-32-34-36-38-40-42-44-46-48-50-52-54-56-58-62(68)64(70)65-60(59-66)63(69)61(67)57-55-53-51-49-47-45-43-41-39-37-35-33-30-28-26-24-22-20-18-16-14-12-10-8-6-4-2/h23,25,29,31,33,35,41,43,49,51,60-63,66-69H,3-22,24,26-28,30,32,34,36-40,42,44-48,50,52-59H2,1-2H3,(H,65,70)/b25-23-,31-29-,35-33+,43-41+,51-49+. The van der Waals surface area contributed by atoms with E-state index in [-0.39, 0.29) is 0 Å². The van der Waals surface area contributed by atoms with Crippen molar-refractivity contribution in [3.8, 4) is 0 Å². The fraction of sp³-hybridized carbons (Fsp3) is 0.828. The molecule has 1 amide bonds. The summed E-state index contributed by atoms with van der Waals surface area (Å²) >= 11 is 0. The van der Waals surface area contributed by atoms with Crippen molar-refractivity contribution in [2.24, 2.45) is 0 Å². The van der Waals surface area contributed by atoms with Crippen molar-refractivity contribution in [1.29, 1.82) is 0 Å². The van der Waals surface area contributed by atoms with Crippen LogP contribution in [0.1, 0.15) is 309 Å². The molecule has 0 aromatic carbocycles. The summed E-state index contributed by atoms with van der Waals surface area (Å²) in [6.45, 7) is 4.07. The van der Waals surface area contributed by atoms with Gasteiger partial charge in [0.05, 0.1) is 18.8 Å². The number of hydrogen-bond acceptors (Lipinski definition) is 5. The third-order valence-corrected chi connectivity index (χ3v) is 14.2. The molecule has 0 heterocycles. The van der Waals surface area contributed by atoms with Crippen molar-refractivity contribution in [3.05, 3.63) is 60.8 Å². The average molecular weight is 983 g/mol. The Morgan fingerprint density at radius 2 is 0.643 bits per heavy atom. The van der Waals surface area contributed by atoms with Crippen LogP contribution in [0, 0.1) is 0 Å². The lowest BCUT2D eigenvalue weighted by Gasteiger charge is -2.27. The van der Waals surface area contributed by atoms with E-state index in [0.29, 0.717) is 19.3 Å². The molecule has 4 unspecified atom stereocenters. The highest BCUT2D eigenvalue weighted by Crippen LogP contribution is 2.17. The maximum Gasteiger partial charge on any atom is 0.249 e. The van der Waals surface area contributed by atoms with Crippen molar-refractivity contribution < 1.29 is 25.2 Å². The van der Waals surface area contributed by atoms with Gasteiger partial charge in [0, 0.05) is 0 Å². The third-order valence-electron chi connectivity index (χ3n) is 14.2. The van der Waals surface area contributed by atoms with Gasteiger partial charge in [-0.05, 0) is 96.3 Å². The minimum absolute atomic E-state index is 0.355. The number of nitrogens with one attached hydrogen (secondary N) is 1. The summed E-state index contributed by atoms with van der Waals surface area (Å²) < 4.78 is 0. The number of aliphatic hydroxyl groups excluding tert-OH is 4. The first kappa shape index (κ1) is 68.0. The summed E-state index contributed by atoms with van der Waals surface area (Å²) in [6, 6.07) is -1.02. The van der Waals surface area contributed by atoms with Gasteiger partial charge in [0.25, 0.3) is 0 Å². The molecule has 0 radical (unpaired) electrons. The number of unbranched alkanes of at least 4 members (excludes halogenated alkanes) is 37. The number of aliphatic hydroxyl groups is 4. The highest BCUT2D eigenvalue weighted by atomic mass is 16.3. The number of hydrogen-bond donors (Lipinski definition) is 5. The van der Waals surface area contributed by atoms with Crippen LogP contribution in [0.4, 0.5) is 0 Å². The molecule has 0 aliphatic heterocycles. The van der Waals surface area contributed by atoms with Crippen LogP contribution in [0.25, 0.3) is 0 Å². The van der Waals surface area contributed by atoms with Crippen LogP contribution < -0.4 is 5.32 Å². The average Bonchev–Trinajstić information content (AvgIpc) is 3.36. The van der Waals surface area contributed by atoms with Crippen LogP contribution in [-0.4, -0.2) is 57.3 Å². The lowest BCUT2D eigenvalue weighted by Crippen LogP contribution is -2.53. The molecule has 0 aliphatic rings. The molecule has 0 saturated carbocycles. The summed E-state index contributed by atoms with van der Waals surface area (Å²) in [7, 11) is 0. The van der Waals surface area contributed by atoms with Gasteiger partial charge >= 0.3 is 0 Å². The number of amides is 1. The third kappa shape index (κ3) is 50.9. The Morgan fingerprint density at radius 1 is 0.357 bits per heavy atom. The van der Waals surface area contributed by atoms with Crippen molar-refractivity contribution in [2.45, 2.75) is 334 Å². The molecule has 410 valence electrons. The molecule has 0 aliphatic carbocycles. The zero-order valence-electron chi connectivity index (χ0n) is 46.5. The predicted octanol–water partition coefficient (Wildman–Crippen LogP) is 18.3. The smallest absolute Gasteiger partial charge is 0.249 e. The van der Waals surface area contributed by atoms with Gasteiger partial charge in [0.2, 0.25) is 5.91 Å². The van der Waals surface area contributed by atoms with Crippen molar-refractivity contribution >= 4 is 5.91 Å². The van der Waals surface area contributed by atoms with Gasteiger partial charge in [-0.1, -0.05) is 274 Å². The van der Waals surface area contributed by atoms with E-state index in [4.69, 9.17) is 0 Å². The van der Waals surface area contributed by atoms with Gasteiger partial charge in [0.1, 0.15) is 12.2 Å². The molecule has 6 heteroatoms. The Bertz CT molecular complexity index is 1190. The molecule has 6 nitrogen and oxygen atoms in total. The van der Waals surface area contributed by atoms with E-state index in [1.807, 2.05) is 0 Å². The molecule has 0 spiro atoms. The molecule has 0 fully saturated rings. The first-order chi connectivity index (χ1) is 34.5. The quantitative estimate of drug-likeness (QED) is 0.0308. The van der Waals surface area contributed by atoms with E-state index in [1.54, 1.807) is 0 Å². The van der Waals surface area contributed by atoms with Gasteiger partial charge in [0.15, 0.2) is 0 Å². The lowest BCUT2D eigenvalue weighted by atomic mass is 10.00. The van der Waals surface area contributed by atoms with Gasteiger partial charge in [-0.25, -0.2) is 0 Å². The Kier molecular flexibility index (Phi) is 56.3. The van der Waals surface area contributed by atoms with Crippen molar-refractivity contribution in [3.63, 3.8) is 0 Å². The fourth-order valence-electron chi connectivity index (χ4n) is 9.35. The Balaban J connectivity index is 3.69. The number of carbonyl (C=O) groups excluding carboxylic acids is 1. The second kappa shape index (κ2) is 57.9. The van der Waals surface area contributed by atoms with Crippen LogP contribution in [-0.2, 0) is 4.79 Å². The van der Waals surface area contributed by atoms with E-state index >= 15 is 0 Å². The zero-order chi connectivity index (χ0) is 50.9. The largest absolute Gasteiger partial charge is 0.394 e. The van der Waals surface area contributed by atoms with E-state index < -0.39 is 36.9 Å². The van der Waals surface area contributed by atoms with Crippen LogP contribution in [0.15, 0.2) is 60.8 Å². The molecule has 0 bridgehead atoms. The van der Waals surface area contributed by atoms with Crippen LogP contribution in [0.2, 0.25) is 0 Å². The Morgan fingerprint density at radius 3 is 0.986 bits per heavy atom. The number of rotatable bonds is 56. The second-order valence-corrected chi connectivity index (χ2v) is 21.0. The molecule has 0 rings (SSSR count). The highest BCUT2D eigenvalue weighted by Gasteiger charge is 2.28. The van der Waals surface area contributed by atoms with Crippen LogP contribution >= 0.6 is 0 Å². The van der Waals surface area contributed by atoms with Gasteiger partial charge in [-0.2, -0.15) is 0 Å². The molecule has 4 atom stereocenters. The van der Waals surface area contributed by atoms with E-state index in [2.05, 4.69) is 79.9 Å². The maximum absolute atomic E-state index is 12.6. The van der Waals surface area contributed by atoms with E-state index in [0.717, 1.165) is 57.8 Å². The minimum Gasteiger partial charge on any atom is -0.394 e. The molecule has 0 aromatic heterocycles. The van der Waals surface area contributed by atoms with Gasteiger partial charge < -0.3 is 25.7 Å². The molecular formula is C64H119NO5. The first-order valence-corrected chi connectivity index (χ1v) is 30.7. The lowest BCUT2D eigenvalue weighted by molar-refractivity contribution is -0.132. The normalized spacial score (nSPS) is 14.1. The molecular weight excluding hydrogens is 863 g/mol. The summed E-state index contributed by atoms with van der Waals surface area (Å²) in [5.74, 6) is -0.599. The summed E-state index contributed by atoms with van der Waals surface area (Å²) in [5.41, 5.74) is 0. The molecule has 0 aromatic rings. The van der Waals surface area contributed by atoms with Crippen molar-refractivity contribution in [1.82, 2.24) is 5.32 Å². The molecule has 5 N–H and O–H groups in total. The fourth-order valence-corrected chi connectivity index (χ4v) is 9.35. The van der Waals surface area contributed by atoms with E-state index in [9.17, 15) is 25.2 Å². The second-order valence-electron chi connectivity index (χ2n) is 21.0. The van der Waals surface area contributed by atoms with Crippen molar-refractivity contribution in [2.75, 3.05) is 6.61 Å². The number of allylic oxidation sites excluding steroid dienone is 10.